The van der Waals surface area contributed by atoms with Crippen molar-refractivity contribution in [3.05, 3.63) is 41.1 Å². The van der Waals surface area contributed by atoms with Gasteiger partial charge in [-0.2, -0.15) is 0 Å². The van der Waals surface area contributed by atoms with E-state index in [1.54, 1.807) is 24.3 Å². The van der Waals surface area contributed by atoms with Crippen molar-refractivity contribution in [3.8, 4) is 11.3 Å². The molecule has 1 atom stereocenters. The molecular weight excluding hydrogens is 312 g/mol. The molecule has 4 rings (SSSR count). The Bertz CT molecular complexity index is 745. The predicted molar refractivity (Wildman–Crippen MR) is 87.3 cm³/mol. The van der Waals surface area contributed by atoms with Crippen molar-refractivity contribution < 1.29 is 13.9 Å². The van der Waals surface area contributed by atoms with E-state index in [2.05, 4.69) is 4.90 Å². The fraction of sp³-hybridized carbons (Fsp3) is 0.444. The molecule has 4 nitrogen and oxygen atoms in total. The third kappa shape index (κ3) is 2.65. The summed E-state index contributed by atoms with van der Waals surface area (Å²) in [5, 5.41) is 9.49. The van der Waals surface area contributed by atoms with Crippen LogP contribution in [0.25, 0.3) is 11.3 Å². The van der Waals surface area contributed by atoms with Gasteiger partial charge < -0.3 is 10.0 Å². The molecule has 1 N–H and O–H groups in total. The van der Waals surface area contributed by atoms with E-state index in [1.807, 2.05) is 0 Å². The van der Waals surface area contributed by atoms with Crippen molar-refractivity contribution in [3.63, 3.8) is 0 Å². The normalized spacial score (nSPS) is 17.8. The first-order valence-electron chi connectivity index (χ1n) is 8.35. The van der Waals surface area contributed by atoms with Crippen LogP contribution in [0.5, 0.6) is 0 Å². The molecule has 24 heavy (non-hydrogen) atoms. The Kier molecular flexibility index (Phi) is 3.92. The molecule has 6 heteroatoms. The number of benzene rings is 1. The SMILES string of the molecule is OC(c1ccc(-c2nc(N3CCC3)nc3c2CCC3)cc1)C(F)F. The van der Waals surface area contributed by atoms with Gasteiger partial charge in [0.1, 0.15) is 6.10 Å². The number of fused-ring (bicyclic) bond motifs is 1. The van der Waals surface area contributed by atoms with Crippen LogP contribution < -0.4 is 4.90 Å². The van der Waals surface area contributed by atoms with Crippen LogP contribution in [0.1, 0.15) is 35.8 Å². The molecule has 2 aromatic rings. The molecular formula is C18H19F2N3O. The summed E-state index contributed by atoms with van der Waals surface area (Å²) in [6.07, 6.45) is -0.372. The lowest BCUT2D eigenvalue weighted by Crippen LogP contribution is -2.38. The van der Waals surface area contributed by atoms with Crippen LogP contribution in [0.4, 0.5) is 14.7 Å². The number of alkyl halides is 2. The van der Waals surface area contributed by atoms with Crippen LogP contribution >= 0.6 is 0 Å². The zero-order chi connectivity index (χ0) is 16.7. The van der Waals surface area contributed by atoms with Gasteiger partial charge in [0.25, 0.3) is 6.43 Å². The van der Waals surface area contributed by atoms with Crippen molar-refractivity contribution in [1.29, 1.82) is 0 Å². The lowest BCUT2D eigenvalue weighted by atomic mass is 10.0. The molecule has 126 valence electrons. The number of aryl methyl sites for hydroxylation is 1. The van der Waals surface area contributed by atoms with E-state index in [4.69, 9.17) is 9.97 Å². The van der Waals surface area contributed by atoms with Gasteiger partial charge in [0, 0.05) is 29.9 Å². The quantitative estimate of drug-likeness (QED) is 0.935. The Balaban J connectivity index is 1.71. The number of nitrogens with zero attached hydrogens (tertiary/aromatic N) is 3. The Morgan fingerprint density at radius 2 is 1.75 bits per heavy atom. The van der Waals surface area contributed by atoms with Crippen LogP contribution in [0.15, 0.2) is 24.3 Å². The molecule has 1 aliphatic heterocycles. The summed E-state index contributed by atoms with van der Waals surface area (Å²) < 4.78 is 25.3. The highest BCUT2D eigenvalue weighted by atomic mass is 19.3. The Hall–Kier alpha value is -2.08. The molecule has 1 aromatic heterocycles. The molecule has 1 fully saturated rings. The minimum absolute atomic E-state index is 0.224. The van der Waals surface area contributed by atoms with Crippen LogP contribution in [0.2, 0.25) is 0 Å². The second-order valence-corrected chi connectivity index (χ2v) is 6.39. The third-order valence-electron chi connectivity index (χ3n) is 4.82. The second-order valence-electron chi connectivity index (χ2n) is 6.39. The summed E-state index contributed by atoms with van der Waals surface area (Å²) in [6, 6.07) is 6.64. The average Bonchev–Trinajstić information content (AvgIpc) is 3.00. The van der Waals surface area contributed by atoms with Crippen LogP contribution in [0.3, 0.4) is 0 Å². The second kappa shape index (κ2) is 6.09. The Morgan fingerprint density at radius 1 is 1.00 bits per heavy atom. The zero-order valence-electron chi connectivity index (χ0n) is 13.3. The van der Waals surface area contributed by atoms with E-state index in [0.717, 1.165) is 61.7 Å². The summed E-state index contributed by atoms with van der Waals surface area (Å²) in [5.41, 5.74) is 4.29. The van der Waals surface area contributed by atoms with Crippen molar-refractivity contribution in [2.45, 2.75) is 38.2 Å². The molecule has 1 saturated heterocycles. The van der Waals surface area contributed by atoms with Crippen molar-refractivity contribution in [1.82, 2.24) is 9.97 Å². The molecule has 1 unspecified atom stereocenters. The van der Waals surface area contributed by atoms with E-state index >= 15 is 0 Å². The first kappa shape index (κ1) is 15.4. The number of anilines is 1. The minimum atomic E-state index is -2.78. The van der Waals surface area contributed by atoms with Gasteiger partial charge in [-0.25, -0.2) is 18.7 Å². The molecule has 0 bridgehead atoms. The van der Waals surface area contributed by atoms with Gasteiger partial charge in [-0.05, 0) is 31.2 Å². The number of rotatable bonds is 4. The highest BCUT2D eigenvalue weighted by Gasteiger charge is 2.25. The van der Waals surface area contributed by atoms with Crippen LogP contribution in [-0.2, 0) is 12.8 Å². The summed E-state index contributed by atoms with van der Waals surface area (Å²) in [6.45, 7) is 1.97. The lowest BCUT2D eigenvalue weighted by Gasteiger charge is -2.31. The van der Waals surface area contributed by atoms with Gasteiger partial charge in [-0.3, -0.25) is 0 Å². The minimum Gasteiger partial charge on any atom is -0.382 e. The number of aliphatic hydroxyl groups is 1. The van der Waals surface area contributed by atoms with Crippen LogP contribution in [-0.4, -0.2) is 34.6 Å². The maximum Gasteiger partial charge on any atom is 0.268 e. The molecule has 0 saturated carbocycles. The fourth-order valence-electron chi connectivity index (χ4n) is 3.30. The maximum absolute atomic E-state index is 12.6. The number of hydrogen-bond donors (Lipinski definition) is 1. The molecule has 2 heterocycles. The molecule has 2 aliphatic rings. The van der Waals surface area contributed by atoms with Crippen molar-refractivity contribution >= 4 is 5.95 Å². The first-order chi connectivity index (χ1) is 11.6. The van der Waals surface area contributed by atoms with Gasteiger partial charge in [-0.15, -0.1) is 0 Å². The van der Waals surface area contributed by atoms with Gasteiger partial charge in [0.15, 0.2) is 0 Å². The first-order valence-corrected chi connectivity index (χ1v) is 8.35. The fourth-order valence-corrected chi connectivity index (χ4v) is 3.30. The molecule has 0 amide bonds. The van der Waals surface area contributed by atoms with E-state index in [-0.39, 0.29) is 5.56 Å². The molecule has 0 radical (unpaired) electrons. The lowest BCUT2D eigenvalue weighted by molar-refractivity contribution is -0.00577. The summed E-state index contributed by atoms with van der Waals surface area (Å²) in [4.78, 5) is 11.6. The smallest absolute Gasteiger partial charge is 0.268 e. The summed E-state index contributed by atoms with van der Waals surface area (Å²) in [7, 11) is 0. The van der Waals surface area contributed by atoms with Crippen molar-refractivity contribution in [2.75, 3.05) is 18.0 Å². The van der Waals surface area contributed by atoms with E-state index in [0.29, 0.717) is 0 Å². The van der Waals surface area contributed by atoms with E-state index < -0.39 is 12.5 Å². The monoisotopic (exact) mass is 331 g/mol. The van der Waals surface area contributed by atoms with Gasteiger partial charge in [-0.1, -0.05) is 24.3 Å². The number of aromatic nitrogens is 2. The summed E-state index contributed by atoms with van der Waals surface area (Å²) >= 11 is 0. The van der Waals surface area contributed by atoms with E-state index in [1.165, 1.54) is 5.56 Å². The zero-order valence-corrected chi connectivity index (χ0v) is 13.3. The number of halogens is 2. The van der Waals surface area contributed by atoms with Gasteiger partial charge >= 0.3 is 0 Å². The molecule has 1 aliphatic carbocycles. The Labute approximate surface area is 139 Å². The summed E-state index contributed by atoms with van der Waals surface area (Å²) in [5.74, 6) is 0.772. The maximum atomic E-state index is 12.6. The van der Waals surface area contributed by atoms with Gasteiger partial charge in [0.2, 0.25) is 5.95 Å². The predicted octanol–water partition coefficient (Wildman–Crippen LogP) is 3.14. The highest BCUT2D eigenvalue weighted by molar-refractivity contribution is 5.67. The highest BCUT2D eigenvalue weighted by Crippen LogP contribution is 2.33. The third-order valence-corrected chi connectivity index (χ3v) is 4.82. The number of aliphatic hydroxyl groups excluding tert-OH is 1. The van der Waals surface area contributed by atoms with Crippen molar-refractivity contribution in [2.24, 2.45) is 0 Å². The molecule has 1 aromatic carbocycles. The Morgan fingerprint density at radius 3 is 2.38 bits per heavy atom. The standard InChI is InChI=1S/C18H19F2N3O/c19-17(20)16(24)12-7-5-11(6-8-12)15-13-3-1-4-14(13)21-18(22-15)23-9-2-10-23/h5-8,16-17,24H,1-4,9-10H2. The van der Waals surface area contributed by atoms with Gasteiger partial charge in [0.05, 0.1) is 5.69 Å². The number of hydrogen-bond acceptors (Lipinski definition) is 4. The largest absolute Gasteiger partial charge is 0.382 e. The van der Waals surface area contributed by atoms with E-state index in [9.17, 15) is 13.9 Å². The average molecular weight is 331 g/mol. The van der Waals surface area contributed by atoms with Crippen LogP contribution in [0, 0.1) is 0 Å². The molecule has 0 spiro atoms. The topological polar surface area (TPSA) is 49.3 Å².